The van der Waals surface area contributed by atoms with E-state index < -0.39 is 0 Å². The average Bonchev–Trinajstić information content (AvgIpc) is 2.95. The van der Waals surface area contributed by atoms with Gasteiger partial charge in [-0.3, -0.25) is 4.90 Å². The van der Waals surface area contributed by atoms with E-state index in [2.05, 4.69) is 15.0 Å². The van der Waals surface area contributed by atoms with Crippen molar-refractivity contribution in [2.75, 3.05) is 27.2 Å². The zero-order chi connectivity index (χ0) is 15.7. The van der Waals surface area contributed by atoms with Crippen LogP contribution >= 0.6 is 11.6 Å². The summed E-state index contributed by atoms with van der Waals surface area (Å²) in [6.45, 7) is 1.88. The van der Waals surface area contributed by atoms with Crippen molar-refractivity contribution in [3.8, 4) is 22.9 Å². The summed E-state index contributed by atoms with van der Waals surface area (Å²) >= 11 is 6.14. The highest BCUT2D eigenvalue weighted by Crippen LogP contribution is 2.41. The third-order valence-corrected chi connectivity index (χ3v) is 3.66. The Kier molecular flexibility index (Phi) is 4.19. The summed E-state index contributed by atoms with van der Waals surface area (Å²) in [5, 5.41) is 4.43. The third-order valence-electron chi connectivity index (χ3n) is 3.44. The van der Waals surface area contributed by atoms with Crippen molar-refractivity contribution in [2.24, 2.45) is 5.73 Å². The van der Waals surface area contributed by atoms with Gasteiger partial charge in [-0.2, -0.15) is 4.98 Å². The summed E-state index contributed by atoms with van der Waals surface area (Å²) in [5.74, 6) is 1.83. The Morgan fingerprint density at radius 1 is 1.45 bits per heavy atom. The SMILES string of the molecule is COc1cc(Cl)cc(-c2noc(CN)n2)c1OC1CN(C)C1. The Labute approximate surface area is 132 Å². The zero-order valence-electron chi connectivity index (χ0n) is 12.4. The van der Waals surface area contributed by atoms with E-state index in [9.17, 15) is 0 Å². The van der Waals surface area contributed by atoms with Gasteiger partial charge < -0.3 is 19.7 Å². The molecular weight excluding hydrogens is 308 g/mol. The minimum atomic E-state index is 0.0969. The Morgan fingerprint density at radius 3 is 2.82 bits per heavy atom. The highest BCUT2D eigenvalue weighted by atomic mass is 35.5. The summed E-state index contributed by atoms with van der Waals surface area (Å²) in [5.41, 5.74) is 6.14. The van der Waals surface area contributed by atoms with E-state index in [1.165, 1.54) is 0 Å². The van der Waals surface area contributed by atoms with E-state index in [4.69, 9.17) is 31.3 Å². The van der Waals surface area contributed by atoms with Crippen LogP contribution in [0.2, 0.25) is 5.02 Å². The van der Waals surface area contributed by atoms with E-state index in [1.807, 2.05) is 7.05 Å². The molecule has 1 aliphatic rings. The van der Waals surface area contributed by atoms with Crippen molar-refractivity contribution >= 4 is 11.6 Å². The van der Waals surface area contributed by atoms with Gasteiger partial charge in [0.05, 0.1) is 19.2 Å². The fourth-order valence-electron chi connectivity index (χ4n) is 2.34. The predicted octanol–water partition coefficient (Wildman–Crippen LogP) is 1.55. The summed E-state index contributed by atoms with van der Waals surface area (Å²) < 4.78 is 16.5. The maximum absolute atomic E-state index is 6.14. The monoisotopic (exact) mass is 324 g/mol. The van der Waals surface area contributed by atoms with Gasteiger partial charge in [0.1, 0.15) is 6.10 Å². The van der Waals surface area contributed by atoms with Crippen molar-refractivity contribution in [2.45, 2.75) is 12.6 Å². The van der Waals surface area contributed by atoms with Gasteiger partial charge >= 0.3 is 0 Å². The molecule has 1 aliphatic heterocycles. The molecule has 1 saturated heterocycles. The fraction of sp³-hybridized carbons (Fsp3) is 0.429. The molecule has 2 heterocycles. The molecule has 22 heavy (non-hydrogen) atoms. The second-order valence-electron chi connectivity index (χ2n) is 5.16. The van der Waals surface area contributed by atoms with Crippen molar-refractivity contribution in [3.05, 3.63) is 23.0 Å². The van der Waals surface area contributed by atoms with Gasteiger partial charge in [-0.15, -0.1) is 0 Å². The molecule has 1 fully saturated rings. The number of likely N-dealkylation sites (N-methyl/N-ethyl adjacent to an activating group) is 1. The normalized spacial score (nSPS) is 15.6. The molecule has 0 bridgehead atoms. The molecule has 8 heteroatoms. The summed E-state index contributed by atoms with van der Waals surface area (Å²) in [6.07, 6.45) is 0.0969. The molecule has 0 amide bonds. The highest BCUT2D eigenvalue weighted by molar-refractivity contribution is 6.31. The molecule has 3 rings (SSSR count). The van der Waals surface area contributed by atoms with Gasteiger partial charge in [0.2, 0.25) is 11.7 Å². The molecule has 0 aliphatic carbocycles. The number of nitrogens with zero attached hydrogens (tertiary/aromatic N) is 3. The Bertz CT molecular complexity index is 670. The minimum Gasteiger partial charge on any atom is -0.493 e. The van der Waals surface area contributed by atoms with Crippen molar-refractivity contribution in [3.63, 3.8) is 0 Å². The molecule has 0 saturated carbocycles. The van der Waals surface area contributed by atoms with Gasteiger partial charge in [0, 0.05) is 24.2 Å². The third kappa shape index (κ3) is 2.87. The molecular formula is C14H17ClN4O3. The molecule has 2 aromatic rings. The number of methoxy groups -OCH3 is 1. The molecule has 0 unspecified atom stereocenters. The van der Waals surface area contributed by atoms with E-state index in [0.29, 0.717) is 33.8 Å². The van der Waals surface area contributed by atoms with Crippen LogP contribution in [0.1, 0.15) is 5.89 Å². The first-order chi connectivity index (χ1) is 10.6. The second kappa shape index (κ2) is 6.12. The van der Waals surface area contributed by atoms with Crippen molar-refractivity contribution < 1.29 is 14.0 Å². The quantitative estimate of drug-likeness (QED) is 0.892. The summed E-state index contributed by atoms with van der Waals surface area (Å²) in [4.78, 5) is 6.40. The number of aromatic nitrogens is 2. The molecule has 0 spiro atoms. The predicted molar refractivity (Wildman–Crippen MR) is 81.1 cm³/mol. The van der Waals surface area contributed by atoms with Crippen LogP contribution < -0.4 is 15.2 Å². The van der Waals surface area contributed by atoms with E-state index in [-0.39, 0.29) is 12.6 Å². The number of halogens is 1. The first kappa shape index (κ1) is 15.1. The standard InChI is InChI=1S/C14H17ClN4O3/c1-19-6-9(7-19)21-13-10(3-8(15)4-11(13)20-2)14-17-12(5-16)22-18-14/h3-4,9H,5-7,16H2,1-2H3. The molecule has 0 radical (unpaired) electrons. The largest absolute Gasteiger partial charge is 0.493 e. The highest BCUT2D eigenvalue weighted by Gasteiger charge is 2.28. The van der Waals surface area contributed by atoms with E-state index >= 15 is 0 Å². The molecule has 118 valence electrons. The van der Waals surface area contributed by atoms with Gasteiger partial charge in [-0.1, -0.05) is 16.8 Å². The van der Waals surface area contributed by atoms with Crippen LogP contribution in [0.25, 0.3) is 11.4 Å². The van der Waals surface area contributed by atoms with Crippen molar-refractivity contribution in [1.82, 2.24) is 15.0 Å². The second-order valence-corrected chi connectivity index (χ2v) is 5.60. The number of ether oxygens (including phenoxy) is 2. The minimum absolute atomic E-state index is 0.0969. The maximum atomic E-state index is 6.14. The van der Waals surface area contributed by atoms with Crippen LogP contribution in [0.15, 0.2) is 16.7 Å². The molecule has 1 aromatic heterocycles. The van der Waals surface area contributed by atoms with Crippen LogP contribution in [0, 0.1) is 0 Å². The number of nitrogens with two attached hydrogens (primary N) is 1. The average molecular weight is 325 g/mol. The fourth-order valence-corrected chi connectivity index (χ4v) is 2.55. The lowest BCUT2D eigenvalue weighted by molar-refractivity contribution is 0.0373. The van der Waals surface area contributed by atoms with E-state index in [1.54, 1.807) is 19.2 Å². The smallest absolute Gasteiger partial charge is 0.240 e. The lowest BCUT2D eigenvalue weighted by Crippen LogP contribution is -2.51. The van der Waals surface area contributed by atoms with Gasteiger partial charge in [-0.05, 0) is 13.1 Å². The number of likely N-dealkylation sites (tertiary alicyclic amines) is 1. The van der Waals surface area contributed by atoms with Crippen LogP contribution in [-0.2, 0) is 6.54 Å². The maximum Gasteiger partial charge on any atom is 0.240 e. The number of benzene rings is 1. The Balaban J connectivity index is 2.00. The molecule has 2 N–H and O–H groups in total. The Hall–Kier alpha value is -1.83. The first-order valence-electron chi connectivity index (χ1n) is 6.86. The van der Waals surface area contributed by atoms with Crippen LogP contribution in [0.4, 0.5) is 0 Å². The summed E-state index contributed by atoms with van der Waals surface area (Å²) in [6, 6.07) is 3.43. The van der Waals surface area contributed by atoms with Gasteiger partial charge in [0.25, 0.3) is 0 Å². The number of hydrogen-bond acceptors (Lipinski definition) is 7. The molecule has 1 aromatic carbocycles. The van der Waals surface area contributed by atoms with Crippen LogP contribution in [0.5, 0.6) is 11.5 Å². The zero-order valence-corrected chi connectivity index (χ0v) is 13.1. The summed E-state index contributed by atoms with van der Waals surface area (Å²) in [7, 11) is 3.60. The molecule has 0 atom stereocenters. The Morgan fingerprint density at radius 2 is 2.23 bits per heavy atom. The number of rotatable bonds is 5. The molecule has 7 nitrogen and oxygen atoms in total. The first-order valence-corrected chi connectivity index (χ1v) is 7.24. The number of hydrogen-bond donors (Lipinski definition) is 1. The van der Waals surface area contributed by atoms with Crippen molar-refractivity contribution in [1.29, 1.82) is 0 Å². The topological polar surface area (TPSA) is 86.6 Å². The lowest BCUT2D eigenvalue weighted by Gasteiger charge is -2.36. The van der Waals surface area contributed by atoms with Gasteiger partial charge in [0.15, 0.2) is 11.5 Å². The van der Waals surface area contributed by atoms with Gasteiger partial charge in [-0.25, -0.2) is 0 Å². The lowest BCUT2D eigenvalue weighted by atomic mass is 10.1. The van der Waals surface area contributed by atoms with Crippen LogP contribution in [0.3, 0.4) is 0 Å². The van der Waals surface area contributed by atoms with Crippen LogP contribution in [-0.4, -0.2) is 48.4 Å². The van der Waals surface area contributed by atoms with E-state index in [0.717, 1.165) is 13.1 Å².